The monoisotopic (exact) mass is 281 g/mol. The quantitative estimate of drug-likeness (QED) is 0.841. The molecule has 2 aromatic rings. The van der Waals surface area contributed by atoms with E-state index in [0.29, 0.717) is 12.1 Å². The zero-order chi connectivity index (χ0) is 15.1. The number of hydrogen-bond donors (Lipinski definition) is 2. The van der Waals surface area contributed by atoms with Crippen LogP contribution in [0.4, 0.5) is 5.69 Å². The first-order valence-corrected chi connectivity index (χ1v) is 6.49. The molecule has 5 nitrogen and oxygen atoms in total. The van der Waals surface area contributed by atoms with Crippen molar-refractivity contribution >= 4 is 11.6 Å². The van der Waals surface area contributed by atoms with Crippen LogP contribution in [0.15, 0.2) is 36.7 Å². The van der Waals surface area contributed by atoms with Crippen LogP contribution in [0.2, 0.25) is 0 Å². The fraction of sp³-hybridized carbons (Fsp3) is 0.188. The van der Waals surface area contributed by atoms with E-state index in [-0.39, 0.29) is 18.2 Å². The average Bonchev–Trinajstić information content (AvgIpc) is 2.48. The summed E-state index contributed by atoms with van der Waals surface area (Å²) in [6.45, 7) is 1.85. The van der Waals surface area contributed by atoms with Gasteiger partial charge in [0.15, 0.2) is 0 Å². The molecule has 5 heteroatoms. The fourth-order valence-electron chi connectivity index (χ4n) is 1.60. The van der Waals surface area contributed by atoms with Crippen LogP contribution in [0.5, 0.6) is 0 Å². The number of anilines is 1. The maximum absolute atomic E-state index is 12.0. The number of aliphatic hydroxyl groups excluding tert-OH is 1. The number of aromatic nitrogens is 2. The molecule has 0 aliphatic carbocycles. The molecule has 0 aliphatic heterocycles. The van der Waals surface area contributed by atoms with Crippen molar-refractivity contribution in [2.75, 3.05) is 11.9 Å². The molecule has 0 bridgehead atoms. The van der Waals surface area contributed by atoms with E-state index in [1.165, 1.54) is 6.20 Å². The standard InChI is InChI=1S/C16H15N3O2/c1-12-10-18-15(11-17-12)16(21)19-14-7-4-6-13(9-14)5-2-3-8-20/h4,6-7,9-11,20H,3,8H2,1H3,(H,19,21). The van der Waals surface area contributed by atoms with E-state index >= 15 is 0 Å². The van der Waals surface area contributed by atoms with Crippen molar-refractivity contribution in [1.82, 2.24) is 9.97 Å². The number of amides is 1. The van der Waals surface area contributed by atoms with Crippen molar-refractivity contribution < 1.29 is 9.90 Å². The molecule has 21 heavy (non-hydrogen) atoms. The molecule has 0 spiro atoms. The Kier molecular flexibility index (Phi) is 5.02. The molecule has 0 radical (unpaired) electrons. The van der Waals surface area contributed by atoms with Crippen LogP contribution < -0.4 is 5.32 Å². The highest BCUT2D eigenvalue weighted by atomic mass is 16.2. The van der Waals surface area contributed by atoms with E-state index < -0.39 is 0 Å². The average molecular weight is 281 g/mol. The van der Waals surface area contributed by atoms with Gasteiger partial charge in [0.2, 0.25) is 0 Å². The molecule has 106 valence electrons. The van der Waals surface area contributed by atoms with Gasteiger partial charge in [-0.2, -0.15) is 0 Å². The Labute approximate surface area is 123 Å². The number of aliphatic hydroxyl groups is 1. The lowest BCUT2D eigenvalue weighted by Crippen LogP contribution is -2.14. The first-order valence-electron chi connectivity index (χ1n) is 6.49. The van der Waals surface area contributed by atoms with Crippen molar-refractivity contribution in [1.29, 1.82) is 0 Å². The number of benzene rings is 1. The molecule has 0 fully saturated rings. The van der Waals surface area contributed by atoms with Crippen LogP contribution in [0, 0.1) is 18.8 Å². The van der Waals surface area contributed by atoms with Gasteiger partial charge >= 0.3 is 0 Å². The number of aryl methyl sites for hydroxylation is 1. The number of nitrogens with one attached hydrogen (secondary N) is 1. The van der Waals surface area contributed by atoms with E-state index in [1.807, 2.05) is 13.0 Å². The Hall–Kier alpha value is -2.71. The van der Waals surface area contributed by atoms with Gasteiger partial charge in [0.1, 0.15) is 5.69 Å². The zero-order valence-corrected chi connectivity index (χ0v) is 11.6. The molecular weight excluding hydrogens is 266 g/mol. The molecule has 0 atom stereocenters. The minimum absolute atomic E-state index is 0.0372. The molecule has 1 aromatic heterocycles. The number of carbonyl (C=O) groups excluding carboxylic acids is 1. The minimum atomic E-state index is -0.317. The van der Waals surface area contributed by atoms with Gasteiger partial charge in [0, 0.05) is 23.9 Å². The molecule has 0 aliphatic rings. The third-order valence-electron chi connectivity index (χ3n) is 2.60. The summed E-state index contributed by atoms with van der Waals surface area (Å²) >= 11 is 0. The van der Waals surface area contributed by atoms with Gasteiger partial charge in [-0.25, -0.2) is 4.98 Å². The maximum Gasteiger partial charge on any atom is 0.275 e. The van der Waals surface area contributed by atoms with Gasteiger partial charge in [0.05, 0.1) is 18.5 Å². The number of hydrogen-bond acceptors (Lipinski definition) is 4. The van der Waals surface area contributed by atoms with Crippen LogP contribution in [0.1, 0.15) is 28.2 Å². The second-order valence-electron chi connectivity index (χ2n) is 4.35. The SMILES string of the molecule is Cc1cnc(C(=O)Nc2cccc(C#CCCO)c2)cn1. The highest BCUT2D eigenvalue weighted by molar-refractivity contribution is 6.02. The molecular formula is C16H15N3O2. The van der Waals surface area contributed by atoms with Crippen LogP contribution in [0.3, 0.4) is 0 Å². The van der Waals surface area contributed by atoms with Crippen LogP contribution in [-0.2, 0) is 0 Å². The van der Waals surface area contributed by atoms with Gasteiger partial charge in [-0.3, -0.25) is 9.78 Å². The van der Waals surface area contributed by atoms with E-state index in [2.05, 4.69) is 27.1 Å². The van der Waals surface area contributed by atoms with E-state index in [9.17, 15) is 4.79 Å². The molecule has 1 aromatic carbocycles. The van der Waals surface area contributed by atoms with Gasteiger partial charge in [-0.1, -0.05) is 17.9 Å². The summed E-state index contributed by atoms with van der Waals surface area (Å²) in [5, 5.41) is 11.4. The number of carbonyl (C=O) groups is 1. The summed E-state index contributed by atoms with van der Waals surface area (Å²) in [5.41, 5.74) is 2.43. The smallest absolute Gasteiger partial charge is 0.275 e. The number of nitrogens with zero attached hydrogens (tertiary/aromatic N) is 2. The van der Waals surface area contributed by atoms with E-state index in [0.717, 1.165) is 11.3 Å². The largest absolute Gasteiger partial charge is 0.395 e. The normalized spacial score (nSPS) is 9.62. The predicted octanol–water partition coefficient (Wildman–Crippen LogP) is 1.77. The molecule has 1 amide bonds. The lowest BCUT2D eigenvalue weighted by molar-refractivity contribution is 0.102. The summed E-state index contributed by atoms with van der Waals surface area (Å²) in [4.78, 5) is 20.1. The summed E-state index contributed by atoms with van der Waals surface area (Å²) in [5.74, 6) is 5.44. The maximum atomic E-state index is 12.0. The van der Waals surface area contributed by atoms with Crippen LogP contribution >= 0.6 is 0 Å². The molecule has 0 unspecified atom stereocenters. The number of rotatable bonds is 3. The molecule has 2 rings (SSSR count). The second kappa shape index (κ2) is 7.17. The molecule has 2 N–H and O–H groups in total. The van der Waals surface area contributed by atoms with Crippen molar-refractivity contribution in [3.8, 4) is 11.8 Å². The summed E-state index contributed by atoms with van der Waals surface area (Å²) in [6, 6.07) is 7.19. The van der Waals surface area contributed by atoms with Crippen molar-refractivity contribution in [2.45, 2.75) is 13.3 Å². The van der Waals surface area contributed by atoms with Crippen molar-refractivity contribution in [2.24, 2.45) is 0 Å². The summed E-state index contributed by atoms with van der Waals surface area (Å²) in [7, 11) is 0. The van der Waals surface area contributed by atoms with Gasteiger partial charge in [-0.15, -0.1) is 0 Å². The highest BCUT2D eigenvalue weighted by Crippen LogP contribution is 2.11. The first kappa shape index (κ1) is 14.7. The van der Waals surface area contributed by atoms with Gasteiger partial charge < -0.3 is 10.4 Å². The van der Waals surface area contributed by atoms with Gasteiger partial charge in [-0.05, 0) is 25.1 Å². The third-order valence-corrected chi connectivity index (χ3v) is 2.60. The summed E-state index contributed by atoms with van der Waals surface area (Å²) < 4.78 is 0. The third kappa shape index (κ3) is 4.41. The zero-order valence-electron chi connectivity index (χ0n) is 11.6. The van der Waals surface area contributed by atoms with Crippen LogP contribution in [-0.4, -0.2) is 27.6 Å². The predicted molar refractivity (Wildman–Crippen MR) is 79.7 cm³/mol. The summed E-state index contributed by atoms with van der Waals surface area (Å²) in [6.07, 6.45) is 3.41. The van der Waals surface area contributed by atoms with E-state index in [1.54, 1.807) is 24.4 Å². The van der Waals surface area contributed by atoms with Crippen LogP contribution in [0.25, 0.3) is 0 Å². The topological polar surface area (TPSA) is 75.1 Å². The Morgan fingerprint density at radius 3 is 2.90 bits per heavy atom. The Morgan fingerprint density at radius 1 is 1.33 bits per heavy atom. The Balaban J connectivity index is 2.09. The molecule has 0 saturated carbocycles. The highest BCUT2D eigenvalue weighted by Gasteiger charge is 2.07. The van der Waals surface area contributed by atoms with Gasteiger partial charge in [0.25, 0.3) is 5.91 Å². The Morgan fingerprint density at radius 2 is 2.19 bits per heavy atom. The molecule has 1 heterocycles. The Bertz CT molecular complexity index is 685. The minimum Gasteiger partial charge on any atom is -0.395 e. The lowest BCUT2D eigenvalue weighted by Gasteiger charge is -2.05. The first-order chi connectivity index (χ1) is 10.2. The fourth-order valence-corrected chi connectivity index (χ4v) is 1.60. The lowest BCUT2D eigenvalue weighted by atomic mass is 10.2. The van der Waals surface area contributed by atoms with Crippen molar-refractivity contribution in [3.05, 3.63) is 53.6 Å². The van der Waals surface area contributed by atoms with E-state index in [4.69, 9.17) is 5.11 Å². The van der Waals surface area contributed by atoms with Crippen molar-refractivity contribution in [3.63, 3.8) is 0 Å². The molecule has 0 saturated heterocycles. The second-order valence-corrected chi connectivity index (χ2v) is 4.35.